The Morgan fingerprint density at radius 1 is 0.976 bits per heavy atom. The molecule has 4 aromatic rings. The molecule has 1 N–H and O–H groups in total. The summed E-state index contributed by atoms with van der Waals surface area (Å²) in [5.74, 6) is 2.23. The van der Waals surface area contributed by atoms with Gasteiger partial charge in [0.25, 0.3) is 5.56 Å². The van der Waals surface area contributed by atoms with Crippen LogP contribution in [0.4, 0.5) is 4.39 Å². The fourth-order valence-electron chi connectivity index (χ4n) is 5.02. The van der Waals surface area contributed by atoms with Crippen molar-refractivity contribution in [2.24, 2.45) is 5.92 Å². The smallest absolute Gasteiger partial charge is 0.307 e. The van der Waals surface area contributed by atoms with Crippen molar-refractivity contribution in [2.45, 2.75) is 25.9 Å². The second-order valence-electron chi connectivity index (χ2n) is 10.3. The number of fused-ring (bicyclic) bond motifs is 1. The van der Waals surface area contributed by atoms with Crippen molar-refractivity contribution in [2.75, 3.05) is 33.2 Å². The lowest BCUT2D eigenvalue weighted by molar-refractivity contribution is 0.0837. The van der Waals surface area contributed by atoms with Gasteiger partial charge in [0, 0.05) is 31.1 Å². The molecule has 0 atom stereocenters. The monoisotopic (exact) mass is 554 g/mol. The zero-order chi connectivity index (χ0) is 29.2. The number of terminal acetylenes is 1. The van der Waals surface area contributed by atoms with Crippen molar-refractivity contribution in [1.82, 2.24) is 19.4 Å². The van der Waals surface area contributed by atoms with Crippen LogP contribution in [0.5, 0.6) is 0 Å². The topological polar surface area (TPSA) is 78.4 Å². The van der Waals surface area contributed by atoms with E-state index in [9.17, 15) is 18.8 Å². The molecule has 1 aliphatic heterocycles. The van der Waals surface area contributed by atoms with E-state index in [-0.39, 0.29) is 23.1 Å². The lowest BCUT2D eigenvalue weighted by atomic mass is 9.89. The lowest BCUT2D eigenvalue weighted by Crippen LogP contribution is -2.42. The first-order chi connectivity index (χ1) is 19.9. The van der Waals surface area contributed by atoms with Crippen LogP contribution in [0.1, 0.15) is 28.8 Å². The maximum Gasteiger partial charge on any atom is 0.328 e. The Bertz CT molecular complexity index is 1600. The van der Waals surface area contributed by atoms with E-state index in [0.717, 1.165) is 19.6 Å². The number of ketones is 1. The number of likely N-dealkylation sites (tertiary alicyclic amines) is 1. The van der Waals surface area contributed by atoms with Crippen LogP contribution in [0.25, 0.3) is 10.9 Å². The van der Waals surface area contributed by atoms with E-state index in [4.69, 9.17) is 6.42 Å². The van der Waals surface area contributed by atoms with Crippen LogP contribution >= 0.6 is 0 Å². The van der Waals surface area contributed by atoms with E-state index in [2.05, 4.69) is 32.8 Å². The highest BCUT2D eigenvalue weighted by Crippen LogP contribution is 2.22. The van der Waals surface area contributed by atoms with Crippen molar-refractivity contribution in [3.63, 3.8) is 0 Å². The van der Waals surface area contributed by atoms with Gasteiger partial charge in [-0.2, -0.15) is 0 Å². The standard InChI is InChI=1S/C22H22FN3O3.C11H13N/c23-17-7-5-15(6-8-17)20(27)16-9-11-25(12-10-16)13-14-26-21(28)18-3-1-2-4-19(18)24-22(26)29;1-3-9-12(2)10-11-7-5-4-6-8-11/h1-8,16H,9-14H2,(H,24,29);1,4-8H,9-10H2,2H3. The number of carbonyl (C=O) groups is 1. The van der Waals surface area contributed by atoms with Gasteiger partial charge in [-0.1, -0.05) is 48.4 Å². The summed E-state index contributed by atoms with van der Waals surface area (Å²) < 4.78 is 14.3. The molecule has 1 fully saturated rings. The molecule has 212 valence electrons. The normalized spacial score (nSPS) is 13.9. The first-order valence-corrected chi connectivity index (χ1v) is 13.8. The first kappa shape index (κ1) is 29.7. The van der Waals surface area contributed by atoms with Crippen molar-refractivity contribution in [1.29, 1.82) is 0 Å². The van der Waals surface area contributed by atoms with Crippen molar-refractivity contribution >= 4 is 16.7 Å². The summed E-state index contributed by atoms with van der Waals surface area (Å²) in [7, 11) is 2.02. The minimum absolute atomic E-state index is 0.0480. The number of nitrogens with zero attached hydrogens (tertiary/aromatic N) is 3. The number of hydrogen-bond donors (Lipinski definition) is 1. The number of nitrogens with one attached hydrogen (secondary N) is 1. The molecule has 1 aliphatic rings. The van der Waals surface area contributed by atoms with E-state index in [0.29, 0.717) is 48.9 Å². The van der Waals surface area contributed by atoms with Crippen molar-refractivity contribution in [3.8, 4) is 12.3 Å². The molecule has 3 aromatic carbocycles. The van der Waals surface area contributed by atoms with Gasteiger partial charge >= 0.3 is 5.69 Å². The van der Waals surface area contributed by atoms with Crippen LogP contribution in [-0.4, -0.2) is 58.4 Å². The molecule has 1 aromatic heterocycles. The van der Waals surface area contributed by atoms with Crippen LogP contribution in [0.3, 0.4) is 0 Å². The lowest BCUT2D eigenvalue weighted by Gasteiger charge is -2.31. The highest BCUT2D eigenvalue weighted by atomic mass is 19.1. The van der Waals surface area contributed by atoms with Gasteiger partial charge in [-0.15, -0.1) is 6.42 Å². The second kappa shape index (κ2) is 14.4. The van der Waals surface area contributed by atoms with E-state index < -0.39 is 5.69 Å². The third kappa shape index (κ3) is 8.10. The predicted molar refractivity (Wildman–Crippen MR) is 160 cm³/mol. The Morgan fingerprint density at radius 2 is 1.63 bits per heavy atom. The molecule has 0 spiro atoms. The van der Waals surface area contributed by atoms with Gasteiger partial charge < -0.3 is 9.88 Å². The van der Waals surface area contributed by atoms with E-state index in [1.54, 1.807) is 24.3 Å². The van der Waals surface area contributed by atoms with Crippen LogP contribution in [0.15, 0.2) is 88.5 Å². The second-order valence-corrected chi connectivity index (χ2v) is 10.3. The number of H-pyrrole nitrogens is 1. The molecule has 7 nitrogen and oxygen atoms in total. The molecule has 0 unspecified atom stereocenters. The van der Waals surface area contributed by atoms with Crippen LogP contribution in [0, 0.1) is 24.1 Å². The van der Waals surface area contributed by atoms with Gasteiger partial charge in [0.15, 0.2) is 5.78 Å². The SMILES string of the molecule is C#CCN(C)Cc1ccccc1.O=C(c1ccc(F)cc1)C1CCN(CCn2c(=O)[nH]c3ccccc3c2=O)CC1. The van der Waals surface area contributed by atoms with Crippen LogP contribution < -0.4 is 11.2 Å². The summed E-state index contributed by atoms with van der Waals surface area (Å²) in [5.41, 5.74) is 1.69. The fraction of sp³-hybridized carbons (Fsp3) is 0.303. The fourth-order valence-corrected chi connectivity index (χ4v) is 5.02. The molecule has 0 aliphatic carbocycles. The Labute approximate surface area is 239 Å². The van der Waals surface area contributed by atoms with E-state index in [1.165, 1.54) is 34.4 Å². The molecule has 5 rings (SSSR count). The molecule has 0 radical (unpaired) electrons. The third-order valence-corrected chi connectivity index (χ3v) is 7.27. The number of carbonyl (C=O) groups excluding carboxylic acids is 1. The zero-order valence-electron chi connectivity index (χ0n) is 23.3. The molecule has 41 heavy (non-hydrogen) atoms. The Balaban J connectivity index is 0.000000271. The Kier molecular flexibility index (Phi) is 10.4. The Hall–Kier alpha value is -4.32. The van der Waals surface area contributed by atoms with E-state index >= 15 is 0 Å². The van der Waals surface area contributed by atoms with Gasteiger partial charge in [-0.05, 0) is 74.9 Å². The third-order valence-electron chi connectivity index (χ3n) is 7.27. The van der Waals surface area contributed by atoms with Crippen LogP contribution in [-0.2, 0) is 13.1 Å². The number of hydrogen-bond acceptors (Lipinski definition) is 5. The summed E-state index contributed by atoms with van der Waals surface area (Å²) in [6.07, 6.45) is 6.61. The van der Waals surface area contributed by atoms with Crippen molar-refractivity contribution in [3.05, 3.63) is 117 Å². The van der Waals surface area contributed by atoms with Gasteiger partial charge in [-0.25, -0.2) is 9.18 Å². The molecular weight excluding hydrogens is 519 g/mol. The van der Waals surface area contributed by atoms with Gasteiger partial charge in [-0.3, -0.25) is 19.1 Å². The average Bonchev–Trinajstić information content (AvgIpc) is 2.98. The summed E-state index contributed by atoms with van der Waals surface area (Å²) in [6, 6.07) is 23.0. The predicted octanol–water partition coefficient (Wildman–Crippen LogP) is 4.18. The van der Waals surface area contributed by atoms with Gasteiger partial charge in [0.2, 0.25) is 0 Å². The first-order valence-electron chi connectivity index (χ1n) is 13.8. The summed E-state index contributed by atoms with van der Waals surface area (Å²) in [6.45, 7) is 3.93. The average molecular weight is 555 g/mol. The number of Topliss-reactive ketones (excluding diaryl/α,β-unsaturated/α-hetero) is 1. The largest absolute Gasteiger partial charge is 0.328 e. The summed E-state index contributed by atoms with van der Waals surface area (Å²) in [5, 5.41) is 0.496. The van der Waals surface area contributed by atoms with Crippen LogP contribution in [0.2, 0.25) is 0 Å². The number of aromatic nitrogens is 2. The number of halogens is 1. The minimum atomic E-state index is -0.407. The molecule has 2 heterocycles. The number of para-hydroxylation sites is 1. The molecule has 0 bridgehead atoms. The maximum absolute atomic E-state index is 13.0. The maximum atomic E-state index is 13.0. The van der Waals surface area contributed by atoms with E-state index in [1.807, 2.05) is 25.2 Å². The summed E-state index contributed by atoms with van der Waals surface area (Å²) >= 11 is 0. The molecule has 8 heteroatoms. The highest BCUT2D eigenvalue weighted by molar-refractivity contribution is 5.97. The number of benzene rings is 3. The number of rotatable bonds is 8. The Morgan fingerprint density at radius 3 is 2.32 bits per heavy atom. The molecular formula is C33H35FN4O3. The quantitative estimate of drug-likeness (QED) is 0.261. The minimum Gasteiger partial charge on any atom is -0.307 e. The number of piperidine rings is 1. The molecule has 0 saturated carbocycles. The number of aromatic amines is 1. The van der Waals surface area contributed by atoms with Gasteiger partial charge in [0.1, 0.15) is 5.82 Å². The summed E-state index contributed by atoms with van der Waals surface area (Å²) in [4.78, 5) is 44.5. The highest BCUT2D eigenvalue weighted by Gasteiger charge is 2.26. The molecule has 1 saturated heterocycles. The van der Waals surface area contributed by atoms with Gasteiger partial charge in [0.05, 0.1) is 17.4 Å². The zero-order valence-corrected chi connectivity index (χ0v) is 23.3. The molecule has 0 amide bonds. The van der Waals surface area contributed by atoms with Crippen molar-refractivity contribution < 1.29 is 9.18 Å².